The lowest BCUT2D eigenvalue weighted by molar-refractivity contribution is -0.140. The third-order valence-electron chi connectivity index (χ3n) is 13.2. The number of likely N-dealkylation sites (N-methyl/N-ethyl adjacent to an activating group) is 1. The highest BCUT2D eigenvalue weighted by atomic mass is 32.1. The van der Waals surface area contributed by atoms with Gasteiger partial charge in [0.25, 0.3) is 0 Å². The van der Waals surface area contributed by atoms with E-state index in [1.54, 1.807) is 25.6 Å². The Balaban J connectivity index is 1.11. The number of rotatable bonds is 20. The van der Waals surface area contributed by atoms with Crippen molar-refractivity contribution in [2.75, 3.05) is 34.4 Å². The summed E-state index contributed by atoms with van der Waals surface area (Å²) in [6, 6.07) is 25.2. The Bertz CT molecular complexity index is 2090. The number of aromatic nitrogens is 1. The zero-order chi connectivity index (χ0) is 45.2. The van der Waals surface area contributed by atoms with Crippen LogP contribution in [0.25, 0.3) is 11.1 Å². The molecule has 0 spiro atoms. The van der Waals surface area contributed by atoms with E-state index in [-0.39, 0.29) is 66.8 Å². The summed E-state index contributed by atoms with van der Waals surface area (Å²) in [6.07, 6.45) is 3.40. The van der Waals surface area contributed by atoms with Gasteiger partial charge in [0.15, 0.2) is 0 Å². The number of benzene rings is 3. The quantitative estimate of drug-likeness (QED) is 0.0833. The molecule has 3 amide bonds. The van der Waals surface area contributed by atoms with Crippen LogP contribution in [0.1, 0.15) is 94.0 Å². The molecule has 2 N–H and O–H groups in total. The minimum absolute atomic E-state index is 0.0342. The minimum atomic E-state index is -0.786. The number of methoxy groups -OCH3 is 2. The summed E-state index contributed by atoms with van der Waals surface area (Å²) in [5.41, 5.74) is 5.63. The maximum absolute atomic E-state index is 14.5. The molecule has 0 unspecified atom stereocenters. The number of nitrogens with zero attached hydrogens (tertiary/aromatic N) is 3. The van der Waals surface area contributed by atoms with E-state index in [0.717, 1.165) is 52.9 Å². The van der Waals surface area contributed by atoms with Crippen molar-refractivity contribution in [1.29, 1.82) is 0 Å². The van der Waals surface area contributed by atoms with Crippen LogP contribution in [0.15, 0.2) is 90.4 Å². The van der Waals surface area contributed by atoms with Crippen molar-refractivity contribution in [1.82, 2.24) is 25.4 Å². The molecule has 8 atom stereocenters. The number of carbonyl (C=O) groups excluding carboxylic acids is 3. The maximum atomic E-state index is 14.5. The van der Waals surface area contributed by atoms with Gasteiger partial charge in [0.05, 0.1) is 41.7 Å². The lowest BCUT2D eigenvalue weighted by Crippen LogP contribution is -2.58. The molecule has 6 rings (SSSR count). The number of nitrogens with one attached hydrogen (secondary N) is 2. The molecule has 0 bridgehead atoms. The summed E-state index contributed by atoms with van der Waals surface area (Å²) >= 11 is 7.67. The summed E-state index contributed by atoms with van der Waals surface area (Å²) < 4.78 is 18.2. The van der Waals surface area contributed by atoms with Gasteiger partial charge in [-0.25, -0.2) is 9.78 Å². The number of alkyl carbamates (subject to hydrolysis) is 1. The van der Waals surface area contributed by atoms with Crippen molar-refractivity contribution < 1.29 is 28.6 Å². The molecular weight excluding hydrogens is 831 g/mol. The number of likely N-dealkylation sites (tertiary alicyclic amines) is 1. The first-order valence-electron chi connectivity index (χ1n) is 22.3. The first kappa shape index (κ1) is 47.9. The fourth-order valence-corrected chi connectivity index (χ4v) is 10.9. The number of imide groups is 1. The standard InChI is InChI=1S/C50H65N5O6S2/c1-9-32(4)45(54(6)44(31(2)3)47(57)53-50(58)61-30-39-37-22-15-13-20-35(37)36-21-14-16-23-38(36)39)42(59-7)29-43(56)55-26-17-24-41(55)46(60-8)33(5)48(62)52-40(49-51-25-27-63-49)28-34-18-11-10-12-19-34/h10-16,18-23,25,27,31-33,39-42,44-46H,9,17,24,26,28-30H2,1-8H3,(H,52,62)(H,53,57,58)/t32-,33+,40-,41-,42+,44-,45-,46+/m0/s1. The minimum Gasteiger partial charge on any atom is -0.448 e. The Morgan fingerprint density at radius 2 is 1.59 bits per heavy atom. The summed E-state index contributed by atoms with van der Waals surface area (Å²) in [5.74, 6) is -0.950. The first-order chi connectivity index (χ1) is 30.4. The molecule has 2 heterocycles. The topological polar surface area (TPSA) is 122 Å². The normalized spacial score (nSPS) is 18.2. The number of thiocarbonyl (C=S) groups is 1. The van der Waals surface area contributed by atoms with Gasteiger partial charge >= 0.3 is 6.09 Å². The van der Waals surface area contributed by atoms with E-state index in [1.807, 2.05) is 84.7 Å². The van der Waals surface area contributed by atoms with Gasteiger partial charge in [-0.15, -0.1) is 11.3 Å². The predicted octanol–water partition coefficient (Wildman–Crippen LogP) is 8.83. The number of carbonyl (C=O) groups is 3. The lowest BCUT2D eigenvalue weighted by atomic mass is 9.88. The molecule has 13 heteroatoms. The van der Waals surface area contributed by atoms with E-state index in [1.165, 1.54) is 5.56 Å². The van der Waals surface area contributed by atoms with E-state index in [0.29, 0.717) is 11.5 Å². The molecule has 1 aliphatic carbocycles. The van der Waals surface area contributed by atoms with Crippen LogP contribution in [0.3, 0.4) is 0 Å². The van der Waals surface area contributed by atoms with E-state index in [9.17, 15) is 14.4 Å². The molecule has 1 aliphatic heterocycles. The zero-order valence-electron chi connectivity index (χ0n) is 38.0. The monoisotopic (exact) mass is 895 g/mol. The van der Waals surface area contributed by atoms with Crippen molar-refractivity contribution in [3.05, 3.63) is 112 Å². The predicted molar refractivity (Wildman–Crippen MR) is 254 cm³/mol. The average Bonchev–Trinajstić information content (AvgIpc) is 4.06. The molecule has 11 nitrogen and oxygen atoms in total. The number of fused-ring (bicyclic) bond motifs is 3. The Kier molecular flexibility index (Phi) is 17.0. The second kappa shape index (κ2) is 22.4. The molecule has 3 aromatic carbocycles. The zero-order valence-corrected chi connectivity index (χ0v) is 39.6. The molecule has 0 radical (unpaired) electrons. The van der Waals surface area contributed by atoms with Crippen molar-refractivity contribution in [3.63, 3.8) is 0 Å². The van der Waals surface area contributed by atoms with Crippen LogP contribution in [0.2, 0.25) is 0 Å². The van der Waals surface area contributed by atoms with Crippen molar-refractivity contribution in [3.8, 4) is 11.1 Å². The third kappa shape index (κ3) is 11.2. The molecule has 1 fully saturated rings. The van der Waals surface area contributed by atoms with Crippen LogP contribution in [0, 0.1) is 17.8 Å². The fourth-order valence-electron chi connectivity index (χ4n) is 9.90. The fraction of sp³-hybridized carbons (Fsp3) is 0.500. The number of thiazole rings is 1. The number of ether oxygens (including phenoxy) is 3. The Morgan fingerprint density at radius 3 is 2.17 bits per heavy atom. The van der Waals surface area contributed by atoms with Gasteiger partial charge in [-0.05, 0) is 66.0 Å². The molecule has 4 aromatic rings. The Hall–Kier alpha value is -4.53. The summed E-state index contributed by atoms with van der Waals surface area (Å²) in [7, 11) is 5.21. The SMILES string of the molecule is CC[C@H](C)[C@@H]([C@@H](CC(=O)N1CCC[C@H]1[C@H](OC)[C@@H](C)C(=S)N[C@@H](Cc1ccccc1)c1nccs1)OC)N(C)[C@H](C(=O)NC(=O)OCC1c2ccccc2-c2ccccc21)C(C)C. The lowest BCUT2D eigenvalue weighted by Gasteiger charge is -2.43. The highest BCUT2D eigenvalue weighted by molar-refractivity contribution is 7.80. The second-order valence-electron chi connectivity index (χ2n) is 17.4. The smallest absolute Gasteiger partial charge is 0.413 e. The highest BCUT2D eigenvalue weighted by Gasteiger charge is 2.43. The largest absolute Gasteiger partial charge is 0.448 e. The summed E-state index contributed by atoms with van der Waals surface area (Å²) in [5, 5.41) is 9.10. The Labute approximate surface area is 383 Å². The molecule has 2 aliphatic rings. The van der Waals surface area contributed by atoms with Crippen molar-refractivity contribution >= 4 is 46.5 Å². The van der Waals surface area contributed by atoms with Crippen molar-refractivity contribution in [2.45, 2.75) is 109 Å². The van der Waals surface area contributed by atoms with E-state index < -0.39 is 24.1 Å². The molecule has 0 saturated carbocycles. The van der Waals surface area contributed by atoms with Gasteiger partial charge in [-0.2, -0.15) is 0 Å². The van der Waals surface area contributed by atoms with Crippen LogP contribution in [0.4, 0.5) is 4.79 Å². The Morgan fingerprint density at radius 1 is 0.937 bits per heavy atom. The van der Waals surface area contributed by atoms with Crippen LogP contribution >= 0.6 is 23.6 Å². The van der Waals surface area contributed by atoms with Gasteiger partial charge in [0, 0.05) is 50.2 Å². The second-order valence-corrected chi connectivity index (χ2v) is 18.8. The van der Waals surface area contributed by atoms with Gasteiger partial charge in [0.2, 0.25) is 11.8 Å². The molecule has 1 saturated heterocycles. The maximum Gasteiger partial charge on any atom is 0.413 e. The van der Waals surface area contributed by atoms with Crippen molar-refractivity contribution in [2.24, 2.45) is 17.8 Å². The molecule has 1 aromatic heterocycles. The van der Waals surface area contributed by atoms with E-state index in [4.69, 9.17) is 26.4 Å². The van der Waals surface area contributed by atoms with Gasteiger partial charge in [-0.1, -0.05) is 132 Å². The van der Waals surface area contributed by atoms with E-state index in [2.05, 4.69) is 72.8 Å². The first-order valence-corrected chi connectivity index (χ1v) is 23.6. The van der Waals surface area contributed by atoms with Gasteiger partial charge in [0.1, 0.15) is 11.6 Å². The number of hydrogen-bond acceptors (Lipinski definition) is 10. The summed E-state index contributed by atoms with van der Waals surface area (Å²) in [4.78, 5) is 51.1. The van der Waals surface area contributed by atoms with Crippen LogP contribution in [0.5, 0.6) is 0 Å². The van der Waals surface area contributed by atoms with Crippen LogP contribution in [-0.4, -0.2) is 102 Å². The van der Waals surface area contributed by atoms with E-state index >= 15 is 0 Å². The average molecular weight is 896 g/mol. The van der Waals surface area contributed by atoms with Gasteiger partial charge in [-0.3, -0.25) is 19.8 Å². The number of amides is 3. The highest BCUT2D eigenvalue weighted by Crippen LogP contribution is 2.44. The molecular formula is C50H65N5O6S2. The van der Waals surface area contributed by atoms with Crippen LogP contribution in [-0.2, 0) is 30.2 Å². The molecule has 338 valence electrons. The van der Waals surface area contributed by atoms with Gasteiger partial charge < -0.3 is 24.4 Å². The third-order valence-corrected chi connectivity index (χ3v) is 14.6. The summed E-state index contributed by atoms with van der Waals surface area (Å²) in [6.45, 7) is 10.9. The number of hydrogen-bond donors (Lipinski definition) is 2. The van der Waals surface area contributed by atoms with Crippen LogP contribution < -0.4 is 10.6 Å². The molecule has 63 heavy (non-hydrogen) atoms.